The monoisotopic (exact) mass is 389 g/mol. The number of nitrogens with zero attached hydrogens (tertiary/aromatic N) is 3. The van der Waals surface area contributed by atoms with Crippen LogP contribution in [0.2, 0.25) is 0 Å². The molecule has 150 valence electrons. The minimum absolute atomic E-state index is 0.0229. The predicted molar refractivity (Wildman–Crippen MR) is 100 cm³/mol. The van der Waals surface area contributed by atoms with Crippen molar-refractivity contribution in [3.8, 4) is 5.69 Å². The Morgan fingerprint density at radius 3 is 2.57 bits per heavy atom. The molecule has 1 aromatic heterocycles. The van der Waals surface area contributed by atoms with Crippen molar-refractivity contribution >= 4 is 11.9 Å². The maximum Gasteiger partial charge on any atom is 0.305 e. The molecule has 1 fully saturated rings. The van der Waals surface area contributed by atoms with Crippen LogP contribution in [0.1, 0.15) is 48.7 Å². The predicted octanol–water partition coefficient (Wildman–Crippen LogP) is 2.84. The van der Waals surface area contributed by atoms with E-state index in [4.69, 9.17) is 4.74 Å². The van der Waals surface area contributed by atoms with E-state index in [0.29, 0.717) is 29.9 Å². The number of amides is 1. The number of hydrogen-bond donors (Lipinski definition) is 1. The van der Waals surface area contributed by atoms with E-state index in [1.54, 1.807) is 28.8 Å². The quantitative estimate of drug-likeness (QED) is 0.821. The first kappa shape index (κ1) is 20.0. The second kappa shape index (κ2) is 8.10. The van der Waals surface area contributed by atoms with Crippen molar-refractivity contribution in [3.05, 3.63) is 47.5 Å². The first-order chi connectivity index (χ1) is 13.3. The molecule has 3 rings (SSSR count). The van der Waals surface area contributed by atoms with Gasteiger partial charge in [0.25, 0.3) is 5.91 Å². The summed E-state index contributed by atoms with van der Waals surface area (Å²) in [6.45, 7) is 4.24. The number of hydrogen-bond acceptors (Lipinski definition) is 4. The highest BCUT2D eigenvalue weighted by Gasteiger charge is 2.38. The number of rotatable bonds is 6. The van der Waals surface area contributed by atoms with Crippen molar-refractivity contribution in [1.82, 2.24) is 14.7 Å². The zero-order valence-electron chi connectivity index (χ0n) is 16.1. The molecule has 0 aliphatic carbocycles. The van der Waals surface area contributed by atoms with Gasteiger partial charge < -0.3 is 14.7 Å². The van der Waals surface area contributed by atoms with Gasteiger partial charge in [0, 0.05) is 19.7 Å². The third-order valence-electron chi connectivity index (χ3n) is 5.04. The summed E-state index contributed by atoms with van der Waals surface area (Å²) in [6, 6.07) is 5.47. The van der Waals surface area contributed by atoms with Gasteiger partial charge in [-0.05, 0) is 36.6 Å². The largest absolute Gasteiger partial charge is 0.481 e. The molecule has 0 spiro atoms. The number of benzene rings is 1. The zero-order valence-corrected chi connectivity index (χ0v) is 16.1. The van der Waals surface area contributed by atoms with E-state index in [-0.39, 0.29) is 30.2 Å². The summed E-state index contributed by atoms with van der Waals surface area (Å²) in [6.07, 6.45) is 1.66. The van der Waals surface area contributed by atoms with Gasteiger partial charge in [-0.2, -0.15) is 5.10 Å². The molecular formula is C20H24FN3O4. The summed E-state index contributed by atoms with van der Waals surface area (Å²) >= 11 is 0. The van der Waals surface area contributed by atoms with E-state index in [1.165, 1.54) is 18.3 Å². The molecule has 1 aliphatic heterocycles. The van der Waals surface area contributed by atoms with E-state index < -0.39 is 12.0 Å². The summed E-state index contributed by atoms with van der Waals surface area (Å²) in [5, 5.41) is 13.5. The number of methoxy groups -OCH3 is 1. The van der Waals surface area contributed by atoms with Crippen LogP contribution in [-0.2, 0) is 9.53 Å². The van der Waals surface area contributed by atoms with Crippen molar-refractivity contribution in [1.29, 1.82) is 0 Å². The van der Waals surface area contributed by atoms with Gasteiger partial charge in [0.1, 0.15) is 5.82 Å². The van der Waals surface area contributed by atoms with Crippen LogP contribution >= 0.6 is 0 Å². The first-order valence-corrected chi connectivity index (χ1v) is 9.21. The molecule has 1 saturated heterocycles. The summed E-state index contributed by atoms with van der Waals surface area (Å²) in [5.41, 5.74) is 1.78. The number of carboxylic acids is 1. The Balaban J connectivity index is 1.97. The molecule has 7 nitrogen and oxygen atoms in total. The average molecular weight is 389 g/mol. The second-order valence-electron chi connectivity index (χ2n) is 7.29. The fraction of sp³-hybridized carbons (Fsp3) is 0.450. The van der Waals surface area contributed by atoms with Gasteiger partial charge >= 0.3 is 5.97 Å². The van der Waals surface area contributed by atoms with Gasteiger partial charge in [0.2, 0.25) is 0 Å². The average Bonchev–Trinajstić information content (AvgIpc) is 3.25. The van der Waals surface area contributed by atoms with Crippen LogP contribution in [-0.4, -0.2) is 57.5 Å². The number of carboxylic acid groups (broad SMARTS) is 1. The van der Waals surface area contributed by atoms with Crippen molar-refractivity contribution < 1.29 is 23.8 Å². The van der Waals surface area contributed by atoms with Crippen LogP contribution in [0.15, 0.2) is 30.5 Å². The van der Waals surface area contributed by atoms with E-state index in [1.807, 2.05) is 13.8 Å². The number of carbonyl (C=O) groups is 2. The molecular weight excluding hydrogens is 365 g/mol. The Kier molecular flexibility index (Phi) is 5.79. The van der Waals surface area contributed by atoms with Gasteiger partial charge in [0.05, 0.1) is 35.7 Å². The number of carbonyl (C=O) groups excluding carboxylic acids is 1. The minimum Gasteiger partial charge on any atom is -0.481 e. The molecule has 8 heteroatoms. The molecule has 1 aliphatic rings. The third kappa shape index (κ3) is 3.91. The molecule has 1 aromatic carbocycles. The fourth-order valence-electron chi connectivity index (χ4n) is 3.71. The summed E-state index contributed by atoms with van der Waals surface area (Å²) in [4.78, 5) is 26.1. The Labute approximate surface area is 162 Å². The Morgan fingerprint density at radius 1 is 1.32 bits per heavy atom. The lowest BCUT2D eigenvalue weighted by molar-refractivity contribution is -0.138. The molecule has 2 aromatic rings. The van der Waals surface area contributed by atoms with Crippen molar-refractivity contribution in [2.45, 2.75) is 44.8 Å². The standard InChI is InChI=1S/C20H24FN3O4/c1-12(2)19-17(10-22-24(19)14-6-4-13(21)5-7-14)20(27)23-11-16(28-3)8-15(23)9-18(25)26/h4-7,10,12,15-16H,8-9,11H2,1-3H3,(H,25,26). The van der Waals surface area contributed by atoms with Crippen LogP contribution in [0, 0.1) is 5.82 Å². The number of aliphatic carboxylic acids is 1. The van der Waals surface area contributed by atoms with Gasteiger partial charge in [-0.25, -0.2) is 9.07 Å². The van der Waals surface area contributed by atoms with Gasteiger partial charge in [-0.3, -0.25) is 9.59 Å². The van der Waals surface area contributed by atoms with Gasteiger partial charge in [0.15, 0.2) is 0 Å². The van der Waals surface area contributed by atoms with Crippen LogP contribution in [0.4, 0.5) is 4.39 Å². The van der Waals surface area contributed by atoms with Crippen LogP contribution < -0.4 is 0 Å². The lowest BCUT2D eigenvalue weighted by atomic mass is 10.0. The molecule has 28 heavy (non-hydrogen) atoms. The van der Waals surface area contributed by atoms with Crippen LogP contribution in [0.3, 0.4) is 0 Å². The minimum atomic E-state index is -0.953. The van der Waals surface area contributed by atoms with Crippen molar-refractivity contribution in [2.24, 2.45) is 0 Å². The zero-order chi connectivity index (χ0) is 20.4. The summed E-state index contributed by atoms with van der Waals surface area (Å²) in [5.74, 6) is -1.59. The van der Waals surface area contributed by atoms with Crippen LogP contribution in [0.5, 0.6) is 0 Å². The lowest BCUT2D eigenvalue weighted by Gasteiger charge is -2.24. The highest BCUT2D eigenvalue weighted by atomic mass is 19.1. The Hall–Kier alpha value is -2.74. The fourth-order valence-corrected chi connectivity index (χ4v) is 3.71. The third-order valence-corrected chi connectivity index (χ3v) is 5.04. The number of halogens is 1. The normalized spacial score (nSPS) is 19.4. The molecule has 0 saturated carbocycles. The van der Waals surface area contributed by atoms with E-state index in [9.17, 15) is 19.1 Å². The van der Waals surface area contributed by atoms with E-state index in [2.05, 4.69) is 5.10 Å². The molecule has 2 heterocycles. The molecule has 0 radical (unpaired) electrons. The molecule has 2 unspecified atom stereocenters. The number of aromatic nitrogens is 2. The highest BCUT2D eigenvalue weighted by Crippen LogP contribution is 2.29. The van der Waals surface area contributed by atoms with E-state index in [0.717, 1.165) is 0 Å². The summed E-state index contributed by atoms with van der Waals surface area (Å²) < 4.78 is 20.3. The maximum absolute atomic E-state index is 13.3. The van der Waals surface area contributed by atoms with E-state index >= 15 is 0 Å². The highest BCUT2D eigenvalue weighted by molar-refractivity contribution is 5.96. The topological polar surface area (TPSA) is 84.7 Å². The second-order valence-corrected chi connectivity index (χ2v) is 7.29. The number of ether oxygens (including phenoxy) is 1. The Morgan fingerprint density at radius 2 is 2.00 bits per heavy atom. The molecule has 1 N–H and O–H groups in total. The van der Waals surface area contributed by atoms with Crippen LogP contribution in [0.25, 0.3) is 5.69 Å². The van der Waals surface area contributed by atoms with Gasteiger partial charge in [-0.15, -0.1) is 0 Å². The smallest absolute Gasteiger partial charge is 0.305 e. The lowest BCUT2D eigenvalue weighted by Crippen LogP contribution is -2.37. The maximum atomic E-state index is 13.3. The Bertz CT molecular complexity index is 863. The molecule has 1 amide bonds. The SMILES string of the molecule is COC1CC(CC(=O)O)N(C(=O)c2cnn(-c3ccc(F)cc3)c2C(C)C)C1. The van der Waals surface area contributed by atoms with Crippen molar-refractivity contribution in [2.75, 3.05) is 13.7 Å². The van der Waals surface area contributed by atoms with Gasteiger partial charge in [-0.1, -0.05) is 13.8 Å². The molecule has 0 bridgehead atoms. The molecule has 2 atom stereocenters. The van der Waals surface area contributed by atoms with Crippen molar-refractivity contribution in [3.63, 3.8) is 0 Å². The number of likely N-dealkylation sites (tertiary alicyclic amines) is 1. The first-order valence-electron chi connectivity index (χ1n) is 9.21. The summed E-state index contributed by atoms with van der Waals surface area (Å²) in [7, 11) is 1.56.